The molecule has 6 nitrogen and oxygen atoms in total. The van der Waals surface area contributed by atoms with Gasteiger partial charge in [-0.1, -0.05) is 12.1 Å². The lowest BCUT2D eigenvalue weighted by molar-refractivity contribution is -0.130. The minimum Gasteiger partial charge on any atom is -0.497 e. The highest BCUT2D eigenvalue weighted by atomic mass is 16.5. The number of nitrogens with zero attached hydrogens (tertiary/aromatic N) is 1. The summed E-state index contributed by atoms with van der Waals surface area (Å²) in [5, 5.41) is 11.5. The summed E-state index contributed by atoms with van der Waals surface area (Å²) in [6, 6.07) is 7.33. The van der Waals surface area contributed by atoms with E-state index in [0.29, 0.717) is 13.1 Å². The van der Waals surface area contributed by atoms with Crippen LogP contribution < -0.4 is 10.1 Å². The first-order valence-electron chi connectivity index (χ1n) is 6.90. The molecule has 2 N–H and O–H groups in total. The van der Waals surface area contributed by atoms with E-state index in [1.165, 1.54) is 6.92 Å². The highest BCUT2D eigenvalue weighted by Gasteiger charge is 2.32. The second-order valence-electron chi connectivity index (χ2n) is 5.19. The number of piperidine rings is 1. The van der Waals surface area contributed by atoms with Crippen LogP contribution in [-0.2, 0) is 4.79 Å². The number of benzene rings is 1. The molecule has 0 spiro atoms. The lowest BCUT2D eigenvalue weighted by Gasteiger charge is -2.38. The van der Waals surface area contributed by atoms with Crippen LogP contribution in [-0.4, -0.2) is 48.2 Å². The van der Waals surface area contributed by atoms with E-state index in [-0.39, 0.29) is 17.9 Å². The number of carbonyl (C=O) groups is 2. The van der Waals surface area contributed by atoms with Crippen molar-refractivity contribution in [2.24, 2.45) is 0 Å². The molecule has 0 bridgehead atoms. The van der Waals surface area contributed by atoms with Crippen LogP contribution >= 0.6 is 0 Å². The third-order valence-corrected chi connectivity index (χ3v) is 3.91. The van der Waals surface area contributed by atoms with E-state index in [4.69, 9.17) is 9.84 Å². The molecular weight excluding hydrogens is 272 g/mol. The summed E-state index contributed by atoms with van der Waals surface area (Å²) in [5.74, 6) is 0.797. The zero-order chi connectivity index (χ0) is 15.4. The number of likely N-dealkylation sites (tertiary alicyclic amines) is 1. The summed E-state index contributed by atoms with van der Waals surface area (Å²) in [6.07, 6.45) is -0.333. The van der Waals surface area contributed by atoms with E-state index < -0.39 is 6.09 Å². The number of hydrogen-bond acceptors (Lipinski definition) is 3. The van der Waals surface area contributed by atoms with Crippen molar-refractivity contribution >= 4 is 12.0 Å². The monoisotopic (exact) mass is 292 g/mol. The normalized spacial score (nSPS) is 21.7. The van der Waals surface area contributed by atoms with Gasteiger partial charge in [-0.2, -0.15) is 0 Å². The van der Waals surface area contributed by atoms with Crippen LogP contribution in [0, 0.1) is 0 Å². The first-order valence-corrected chi connectivity index (χ1v) is 6.90. The summed E-state index contributed by atoms with van der Waals surface area (Å²) < 4.78 is 5.13. The Kier molecular flexibility index (Phi) is 4.67. The molecule has 2 unspecified atom stereocenters. The second-order valence-corrected chi connectivity index (χ2v) is 5.19. The molecule has 1 fully saturated rings. The Hall–Kier alpha value is -2.24. The van der Waals surface area contributed by atoms with Gasteiger partial charge in [-0.3, -0.25) is 4.79 Å². The third kappa shape index (κ3) is 3.65. The number of carboxylic acid groups (broad SMARTS) is 1. The van der Waals surface area contributed by atoms with Gasteiger partial charge in [0.05, 0.1) is 13.2 Å². The van der Waals surface area contributed by atoms with Gasteiger partial charge < -0.3 is 20.1 Å². The molecule has 0 aromatic heterocycles. The molecule has 0 aliphatic carbocycles. The van der Waals surface area contributed by atoms with Gasteiger partial charge >= 0.3 is 6.09 Å². The fraction of sp³-hybridized carbons (Fsp3) is 0.467. The number of hydrogen-bond donors (Lipinski definition) is 2. The molecule has 1 saturated heterocycles. The third-order valence-electron chi connectivity index (χ3n) is 3.91. The van der Waals surface area contributed by atoms with Gasteiger partial charge in [0.1, 0.15) is 5.75 Å². The van der Waals surface area contributed by atoms with Gasteiger partial charge in [0.2, 0.25) is 5.91 Å². The van der Waals surface area contributed by atoms with Crippen molar-refractivity contribution in [2.45, 2.75) is 25.3 Å². The summed E-state index contributed by atoms with van der Waals surface area (Å²) in [4.78, 5) is 24.2. The summed E-state index contributed by atoms with van der Waals surface area (Å²) in [7, 11) is 1.61. The minimum atomic E-state index is -1.07. The van der Waals surface area contributed by atoms with Crippen molar-refractivity contribution < 1.29 is 19.4 Å². The Balaban J connectivity index is 2.18. The Labute approximate surface area is 123 Å². The predicted octanol–water partition coefficient (Wildman–Crippen LogP) is 1.67. The van der Waals surface area contributed by atoms with Gasteiger partial charge in [-0.25, -0.2) is 4.79 Å². The fourth-order valence-electron chi connectivity index (χ4n) is 2.79. The number of ether oxygens (including phenoxy) is 1. The Morgan fingerprint density at radius 2 is 2.00 bits per heavy atom. The van der Waals surface area contributed by atoms with Crippen molar-refractivity contribution in [3.05, 3.63) is 29.8 Å². The minimum absolute atomic E-state index is 0.0274. The van der Waals surface area contributed by atoms with Gasteiger partial charge in [-0.05, 0) is 24.1 Å². The fourth-order valence-corrected chi connectivity index (χ4v) is 2.79. The van der Waals surface area contributed by atoms with Crippen molar-refractivity contribution in [1.82, 2.24) is 10.2 Å². The van der Waals surface area contributed by atoms with Crippen molar-refractivity contribution in [1.29, 1.82) is 0 Å². The average Bonchev–Trinajstić information content (AvgIpc) is 2.46. The van der Waals surface area contributed by atoms with E-state index in [2.05, 4.69) is 5.32 Å². The van der Waals surface area contributed by atoms with Gasteiger partial charge in [-0.15, -0.1) is 0 Å². The molecule has 1 aliphatic heterocycles. The predicted molar refractivity (Wildman–Crippen MR) is 77.6 cm³/mol. The molecule has 6 heteroatoms. The van der Waals surface area contributed by atoms with Crippen LogP contribution in [0.3, 0.4) is 0 Å². The Morgan fingerprint density at radius 3 is 2.52 bits per heavy atom. The molecule has 0 radical (unpaired) electrons. The maximum absolute atomic E-state index is 11.5. The van der Waals surface area contributed by atoms with Crippen molar-refractivity contribution in [2.75, 3.05) is 20.2 Å². The van der Waals surface area contributed by atoms with E-state index in [1.54, 1.807) is 12.0 Å². The molecule has 2 atom stereocenters. The molecule has 0 saturated carbocycles. The maximum atomic E-state index is 11.5. The molecular formula is C15H20N2O4. The molecule has 1 aromatic carbocycles. The standard InChI is InChI=1S/C15H20N2O4/c1-10(18)17-8-7-13(14(9-17)16-15(19)20)11-3-5-12(21-2)6-4-11/h3-6,13-14,16H,7-9H2,1-2H3,(H,19,20). The lowest BCUT2D eigenvalue weighted by atomic mass is 9.85. The van der Waals surface area contributed by atoms with Crippen molar-refractivity contribution in [3.63, 3.8) is 0 Å². The Morgan fingerprint density at radius 1 is 1.33 bits per heavy atom. The average molecular weight is 292 g/mol. The maximum Gasteiger partial charge on any atom is 0.404 e. The molecule has 1 heterocycles. The number of amides is 2. The van der Waals surface area contributed by atoms with Crippen molar-refractivity contribution in [3.8, 4) is 5.75 Å². The van der Waals surface area contributed by atoms with Gasteiger partial charge in [0.25, 0.3) is 0 Å². The van der Waals surface area contributed by atoms with Crippen LogP contribution in [0.1, 0.15) is 24.8 Å². The van der Waals surface area contributed by atoms with Gasteiger partial charge in [0, 0.05) is 25.9 Å². The zero-order valence-corrected chi connectivity index (χ0v) is 12.2. The SMILES string of the molecule is COc1ccc(C2CCN(C(C)=O)CC2NC(=O)O)cc1. The van der Waals surface area contributed by atoms with Crippen LogP contribution in [0.25, 0.3) is 0 Å². The highest BCUT2D eigenvalue weighted by molar-refractivity contribution is 5.73. The van der Waals surface area contributed by atoms with E-state index >= 15 is 0 Å². The number of methoxy groups -OCH3 is 1. The zero-order valence-electron chi connectivity index (χ0n) is 12.2. The molecule has 1 aliphatic rings. The first kappa shape index (κ1) is 15.2. The summed E-state index contributed by atoms with van der Waals surface area (Å²) >= 11 is 0. The van der Waals surface area contributed by atoms with E-state index in [0.717, 1.165) is 17.7 Å². The van der Waals surface area contributed by atoms with Crippen LogP contribution in [0.4, 0.5) is 4.79 Å². The smallest absolute Gasteiger partial charge is 0.404 e. The summed E-state index contributed by atoms with van der Waals surface area (Å²) in [6.45, 7) is 2.55. The highest BCUT2D eigenvalue weighted by Crippen LogP contribution is 2.29. The van der Waals surface area contributed by atoms with E-state index in [1.807, 2.05) is 24.3 Å². The number of carbonyl (C=O) groups excluding carboxylic acids is 1. The van der Waals surface area contributed by atoms with Crippen LogP contribution in [0.15, 0.2) is 24.3 Å². The molecule has 114 valence electrons. The quantitative estimate of drug-likeness (QED) is 0.888. The largest absolute Gasteiger partial charge is 0.497 e. The molecule has 21 heavy (non-hydrogen) atoms. The molecule has 2 rings (SSSR count). The van der Waals surface area contributed by atoms with Gasteiger partial charge in [0.15, 0.2) is 0 Å². The number of nitrogens with one attached hydrogen (secondary N) is 1. The summed E-state index contributed by atoms with van der Waals surface area (Å²) in [5.41, 5.74) is 1.05. The lowest BCUT2D eigenvalue weighted by Crippen LogP contribution is -2.52. The topological polar surface area (TPSA) is 78.9 Å². The first-order chi connectivity index (χ1) is 10.0. The van der Waals surface area contributed by atoms with Crippen LogP contribution in [0.2, 0.25) is 0 Å². The second kappa shape index (κ2) is 6.47. The Bertz CT molecular complexity index is 515. The number of rotatable bonds is 3. The molecule has 2 amide bonds. The van der Waals surface area contributed by atoms with E-state index in [9.17, 15) is 9.59 Å². The molecule has 1 aromatic rings. The van der Waals surface area contributed by atoms with Crippen LogP contribution in [0.5, 0.6) is 5.75 Å².